The van der Waals surface area contributed by atoms with Crippen LogP contribution in [0.1, 0.15) is 27.8 Å². The molecule has 33 heavy (non-hydrogen) atoms. The molecule has 1 fully saturated rings. The van der Waals surface area contributed by atoms with Crippen LogP contribution in [0.4, 0.5) is 5.69 Å². The number of amides is 2. The third-order valence-corrected chi connectivity index (χ3v) is 7.07. The number of fused-ring (bicyclic) bond motifs is 1. The fourth-order valence-electron chi connectivity index (χ4n) is 3.95. The van der Waals surface area contributed by atoms with Crippen LogP contribution in [-0.4, -0.2) is 71.6 Å². The van der Waals surface area contributed by atoms with Crippen LogP contribution in [0.25, 0.3) is 16.6 Å². The molecule has 0 aromatic carbocycles. The van der Waals surface area contributed by atoms with Gasteiger partial charge in [-0.1, -0.05) is 13.0 Å². The van der Waals surface area contributed by atoms with Crippen LogP contribution >= 0.6 is 0 Å². The SMILES string of the molecule is CNC(=O)c1ccc(-c2cc3c(N[C@@H]4CN(S(C)(=O)=O)C[C@@H]4C)c(C(N)=O)cnn3c2)cn1. The maximum absolute atomic E-state index is 12.1. The van der Waals surface area contributed by atoms with E-state index in [0.29, 0.717) is 23.4 Å². The molecule has 4 N–H and O–H groups in total. The summed E-state index contributed by atoms with van der Waals surface area (Å²) < 4.78 is 27.0. The maximum Gasteiger partial charge on any atom is 0.269 e. The van der Waals surface area contributed by atoms with E-state index in [2.05, 4.69) is 20.7 Å². The number of nitrogens with one attached hydrogen (secondary N) is 2. The van der Waals surface area contributed by atoms with Gasteiger partial charge in [0.25, 0.3) is 11.8 Å². The number of carbonyl (C=O) groups excluding carboxylic acids is 2. The molecule has 0 spiro atoms. The highest BCUT2D eigenvalue weighted by Gasteiger charge is 2.35. The summed E-state index contributed by atoms with van der Waals surface area (Å²) in [4.78, 5) is 28.1. The molecular formula is C21H25N7O4S. The zero-order valence-electron chi connectivity index (χ0n) is 18.4. The topological polar surface area (TPSA) is 152 Å². The van der Waals surface area contributed by atoms with Gasteiger partial charge in [-0.15, -0.1) is 0 Å². The summed E-state index contributed by atoms with van der Waals surface area (Å²) >= 11 is 0. The summed E-state index contributed by atoms with van der Waals surface area (Å²) in [6.45, 7) is 2.62. The molecule has 4 rings (SSSR count). The Balaban J connectivity index is 1.73. The first kappa shape index (κ1) is 22.7. The van der Waals surface area contributed by atoms with E-state index in [1.807, 2.05) is 13.0 Å². The largest absolute Gasteiger partial charge is 0.378 e. The highest BCUT2D eigenvalue weighted by atomic mass is 32.2. The van der Waals surface area contributed by atoms with Crippen molar-refractivity contribution in [3.05, 3.63) is 48.0 Å². The van der Waals surface area contributed by atoms with E-state index < -0.39 is 15.9 Å². The Morgan fingerprint density at radius 2 is 1.94 bits per heavy atom. The number of anilines is 1. The summed E-state index contributed by atoms with van der Waals surface area (Å²) in [5.41, 5.74) is 8.76. The zero-order chi connectivity index (χ0) is 23.9. The molecule has 0 saturated carbocycles. The van der Waals surface area contributed by atoms with Gasteiger partial charge in [0.15, 0.2) is 0 Å². The van der Waals surface area contributed by atoms with Crippen molar-refractivity contribution in [1.82, 2.24) is 24.2 Å². The second-order valence-corrected chi connectivity index (χ2v) is 10.2. The average Bonchev–Trinajstić information content (AvgIpc) is 3.37. The number of carbonyl (C=O) groups is 2. The predicted octanol–water partition coefficient (Wildman–Crippen LogP) is 0.547. The molecule has 1 aliphatic rings. The van der Waals surface area contributed by atoms with Gasteiger partial charge in [-0.2, -0.15) is 9.40 Å². The summed E-state index contributed by atoms with van der Waals surface area (Å²) in [5.74, 6) is -0.904. The smallest absolute Gasteiger partial charge is 0.269 e. The van der Waals surface area contributed by atoms with Gasteiger partial charge in [-0.3, -0.25) is 14.6 Å². The van der Waals surface area contributed by atoms with Crippen LogP contribution in [0, 0.1) is 5.92 Å². The van der Waals surface area contributed by atoms with Gasteiger partial charge in [0, 0.05) is 49.7 Å². The standard InChI is InChI=1S/C21H25N7O4S/c1-12-9-27(33(3,31)32)11-17(12)26-19-15(20(22)29)8-25-28-10-14(6-18(19)28)13-4-5-16(24-7-13)21(30)23-2/h4-8,10,12,17,26H,9,11H2,1-3H3,(H2,22,29)(H,23,30)/t12-,17+/m0/s1. The molecule has 4 heterocycles. The lowest BCUT2D eigenvalue weighted by atomic mass is 10.1. The van der Waals surface area contributed by atoms with Crippen LogP contribution in [0.3, 0.4) is 0 Å². The molecule has 3 aromatic heterocycles. The van der Waals surface area contributed by atoms with Gasteiger partial charge in [0.1, 0.15) is 5.69 Å². The fourth-order valence-corrected chi connectivity index (χ4v) is 4.88. The monoisotopic (exact) mass is 471 g/mol. The fraction of sp³-hybridized carbons (Fsp3) is 0.333. The first-order valence-electron chi connectivity index (χ1n) is 10.3. The number of hydrogen-bond acceptors (Lipinski definition) is 7. The Morgan fingerprint density at radius 3 is 2.52 bits per heavy atom. The number of nitrogens with two attached hydrogens (primary N) is 1. The van der Waals surface area contributed by atoms with Crippen LogP contribution in [0.15, 0.2) is 36.8 Å². The Labute approximate surface area is 191 Å². The summed E-state index contributed by atoms with van der Waals surface area (Å²) in [5, 5.41) is 10.2. The minimum Gasteiger partial charge on any atom is -0.378 e. The minimum atomic E-state index is -3.32. The number of rotatable bonds is 6. The number of primary amides is 1. The van der Waals surface area contributed by atoms with E-state index in [-0.39, 0.29) is 30.0 Å². The maximum atomic E-state index is 12.1. The molecule has 3 aromatic rings. The molecule has 11 nitrogen and oxygen atoms in total. The molecular weight excluding hydrogens is 446 g/mol. The number of nitrogens with zero attached hydrogens (tertiary/aromatic N) is 4. The Morgan fingerprint density at radius 1 is 1.18 bits per heavy atom. The third kappa shape index (κ3) is 4.39. The quantitative estimate of drug-likeness (QED) is 0.475. The summed E-state index contributed by atoms with van der Waals surface area (Å²) in [6, 6.07) is 5.03. The van der Waals surface area contributed by atoms with E-state index in [1.165, 1.54) is 23.8 Å². The van der Waals surface area contributed by atoms with Crippen molar-refractivity contribution in [2.45, 2.75) is 13.0 Å². The van der Waals surface area contributed by atoms with Gasteiger partial charge in [0.2, 0.25) is 10.0 Å². The highest BCUT2D eigenvalue weighted by molar-refractivity contribution is 7.88. The van der Waals surface area contributed by atoms with Gasteiger partial charge < -0.3 is 16.4 Å². The highest BCUT2D eigenvalue weighted by Crippen LogP contribution is 2.31. The van der Waals surface area contributed by atoms with Crippen molar-refractivity contribution >= 4 is 33.0 Å². The van der Waals surface area contributed by atoms with Gasteiger partial charge in [-0.25, -0.2) is 12.9 Å². The molecule has 0 radical (unpaired) electrons. The lowest BCUT2D eigenvalue weighted by molar-refractivity contribution is 0.0956. The predicted molar refractivity (Wildman–Crippen MR) is 123 cm³/mol. The van der Waals surface area contributed by atoms with Gasteiger partial charge in [-0.05, 0) is 18.1 Å². The number of aromatic nitrogens is 3. The van der Waals surface area contributed by atoms with Crippen molar-refractivity contribution in [3.8, 4) is 11.1 Å². The molecule has 0 bridgehead atoms. The van der Waals surface area contributed by atoms with Crippen molar-refractivity contribution in [2.24, 2.45) is 11.7 Å². The zero-order valence-corrected chi connectivity index (χ0v) is 19.3. The van der Waals surface area contributed by atoms with Crippen molar-refractivity contribution < 1.29 is 18.0 Å². The third-order valence-electron chi connectivity index (χ3n) is 5.84. The van der Waals surface area contributed by atoms with Crippen LogP contribution in [0.5, 0.6) is 0 Å². The molecule has 174 valence electrons. The van der Waals surface area contributed by atoms with E-state index >= 15 is 0 Å². The normalized spacial score (nSPS) is 19.0. The lowest BCUT2D eigenvalue weighted by Gasteiger charge is -2.20. The molecule has 1 saturated heterocycles. The van der Waals surface area contributed by atoms with E-state index in [0.717, 1.165) is 11.1 Å². The molecule has 1 aliphatic heterocycles. The minimum absolute atomic E-state index is 0.0181. The molecule has 0 aliphatic carbocycles. The Kier molecular flexibility index (Phi) is 5.80. The second kappa shape index (κ2) is 8.45. The molecule has 0 unspecified atom stereocenters. The van der Waals surface area contributed by atoms with Crippen molar-refractivity contribution in [3.63, 3.8) is 0 Å². The number of hydrogen-bond donors (Lipinski definition) is 3. The number of pyridine rings is 1. The summed E-state index contributed by atoms with van der Waals surface area (Å²) in [6.07, 6.45) is 5.94. The van der Waals surface area contributed by atoms with E-state index in [1.54, 1.807) is 29.0 Å². The van der Waals surface area contributed by atoms with Gasteiger partial charge in [0.05, 0.1) is 29.2 Å². The Hall–Kier alpha value is -3.51. The average molecular weight is 472 g/mol. The van der Waals surface area contributed by atoms with Crippen LogP contribution in [-0.2, 0) is 10.0 Å². The van der Waals surface area contributed by atoms with Crippen LogP contribution < -0.4 is 16.4 Å². The molecule has 2 amide bonds. The Bertz CT molecular complexity index is 1330. The van der Waals surface area contributed by atoms with E-state index in [4.69, 9.17) is 5.73 Å². The molecule has 12 heteroatoms. The van der Waals surface area contributed by atoms with E-state index in [9.17, 15) is 18.0 Å². The number of sulfonamides is 1. The first-order valence-corrected chi connectivity index (χ1v) is 12.1. The first-order chi connectivity index (χ1) is 15.6. The van der Waals surface area contributed by atoms with Crippen molar-refractivity contribution in [1.29, 1.82) is 0 Å². The summed E-state index contributed by atoms with van der Waals surface area (Å²) in [7, 11) is -1.79. The van der Waals surface area contributed by atoms with Crippen molar-refractivity contribution in [2.75, 3.05) is 31.7 Å². The second-order valence-electron chi connectivity index (χ2n) is 8.18. The lowest BCUT2D eigenvalue weighted by Crippen LogP contribution is -2.32. The van der Waals surface area contributed by atoms with Gasteiger partial charge >= 0.3 is 0 Å². The molecule has 2 atom stereocenters. The van der Waals surface area contributed by atoms with Crippen LogP contribution in [0.2, 0.25) is 0 Å².